The number of esters is 1. The highest BCUT2D eigenvalue weighted by Crippen LogP contribution is 2.43. The second-order valence-corrected chi connectivity index (χ2v) is 9.11. The quantitative estimate of drug-likeness (QED) is 0.730. The topological polar surface area (TPSA) is 68.3 Å². The van der Waals surface area contributed by atoms with Crippen LogP contribution in [0.3, 0.4) is 0 Å². The summed E-state index contributed by atoms with van der Waals surface area (Å²) in [5.74, 6) is -0.446. The Labute approximate surface area is 163 Å². The van der Waals surface area contributed by atoms with Crippen LogP contribution in [0.2, 0.25) is 0 Å². The third-order valence-electron chi connectivity index (χ3n) is 5.60. The summed E-state index contributed by atoms with van der Waals surface area (Å²) in [5, 5.41) is 3.95. The molecule has 0 spiro atoms. The largest absolute Gasteiger partial charge is 0.456 e. The molecule has 2 fully saturated rings. The van der Waals surface area contributed by atoms with E-state index in [2.05, 4.69) is 11.4 Å². The predicted molar refractivity (Wildman–Crippen MR) is 106 cm³/mol. The number of thiazole rings is 1. The summed E-state index contributed by atoms with van der Waals surface area (Å²) in [4.78, 5) is 29.0. The molecule has 2 saturated carbocycles. The number of amides is 1. The molecule has 0 atom stereocenters. The fraction of sp³-hybridized carbons (Fsp3) is 0.571. The fourth-order valence-corrected chi connectivity index (χ4v) is 5.18. The standard InChI is InChI=1S/C21H26N2O3S/c24-18(22-15-8-9-15)14-26-20(25)13-21(10-4-1-5-11-21)12-19-23-16-6-2-3-7-17(16)27-19/h2-3,6-7,15H,1,4-5,8-14H2,(H,22,24). The van der Waals surface area contributed by atoms with Gasteiger partial charge in [-0.25, -0.2) is 4.98 Å². The summed E-state index contributed by atoms with van der Waals surface area (Å²) in [5.41, 5.74) is 0.943. The van der Waals surface area contributed by atoms with Gasteiger partial charge in [0.05, 0.1) is 21.6 Å². The van der Waals surface area contributed by atoms with E-state index in [0.29, 0.717) is 12.5 Å². The Morgan fingerprint density at radius 3 is 2.70 bits per heavy atom. The Hall–Kier alpha value is -1.95. The molecular weight excluding hydrogens is 360 g/mol. The molecule has 2 aliphatic rings. The molecule has 0 aliphatic heterocycles. The number of carbonyl (C=O) groups excluding carboxylic acids is 2. The lowest BCUT2D eigenvalue weighted by Gasteiger charge is -2.36. The Morgan fingerprint density at radius 1 is 1.19 bits per heavy atom. The van der Waals surface area contributed by atoms with Crippen molar-refractivity contribution in [3.63, 3.8) is 0 Å². The van der Waals surface area contributed by atoms with Crippen molar-refractivity contribution in [3.05, 3.63) is 29.3 Å². The molecule has 6 heteroatoms. The number of fused-ring (bicyclic) bond motifs is 1. The van der Waals surface area contributed by atoms with Crippen LogP contribution >= 0.6 is 11.3 Å². The molecular formula is C21H26N2O3S. The van der Waals surface area contributed by atoms with E-state index in [9.17, 15) is 9.59 Å². The SMILES string of the molecule is O=C(COC(=O)CC1(Cc2nc3ccccc3s2)CCCCC1)NC1CC1. The maximum absolute atomic E-state index is 12.5. The van der Waals surface area contributed by atoms with Gasteiger partial charge in [0.2, 0.25) is 0 Å². The van der Waals surface area contributed by atoms with Crippen molar-refractivity contribution < 1.29 is 14.3 Å². The lowest BCUT2D eigenvalue weighted by Crippen LogP contribution is -2.33. The summed E-state index contributed by atoms with van der Waals surface area (Å²) in [6.45, 7) is -0.160. The van der Waals surface area contributed by atoms with E-state index in [4.69, 9.17) is 9.72 Å². The Bertz CT molecular complexity index is 789. The minimum absolute atomic E-state index is 0.0871. The van der Waals surface area contributed by atoms with E-state index >= 15 is 0 Å². The number of hydrogen-bond donors (Lipinski definition) is 1. The highest BCUT2D eigenvalue weighted by Gasteiger charge is 2.36. The van der Waals surface area contributed by atoms with Gasteiger partial charge in [0.25, 0.3) is 5.91 Å². The van der Waals surface area contributed by atoms with Crippen LogP contribution in [0.1, 0.15) is 56.4 Å². The van der Waals surface area contributed by atoms with Gasteiger partial charge in [-0.3, -0.25) is 9.59 Å². The first-order valence-electron chi connectivity index (χ1n) is 9.91. The average molecular weight is 387 g/mol. The zero-order valence-electron chi connectivity index (χ0n) is 15.5. The van der Waals surface area contributed by atoms with Gasteiger partial charge in [-0.05, 0) is 43.2 Å². The van der Waals surface area contributed by atoms with Crippen LogP contribution < -0.4 is 5.32 Å². The summed E-state index contributed by atoms with van der Waals surface area (Å²) in [6.07, 6.45) is 8.80. The number of aromatic nitrogens is 1. The van der Waals surface area contributed by atoms with Gasteiger partial charge in [0.1, 0.15) is 0 Å². The summed E-state index contributed by atoms with van der Waals surface area (Å²) >= 11 is 1.72. The van der Waals surface area contributed by atoms with E-state index in [1.54, 1.807) is 11.3 Å². The van der Waals surface area contributed by atoms with Crippen molar-refractivity contribution in [1.29, 1.82) is 0 Å². The smallest absolute Gasteiger partial charge is 0.306 e. The third kappa shape index (κ3) is 4.86. The second-order valence-electron chi connectivity index (χ2n) is 7.99. The van der Waals surface area contributed by atoms with Crippen LogP contribution in [0.25, 0.3) is 10.2 Å². The number of rotatable bonds is 7. The van der Waals surface area contributed by atoms with Crippen molar-refractivity contribution in [2.24, 2.45) is 5.41 Å². The predicted octanol–water partition coefficient (Wildman–Crippen LogP) is 4.00. The van der Waals surface area contributed by atoms with Gasteiger partial charge in [-0.15, -0.1) is 11.3 Å². The Morgan fingerprint density at radius 2 is 1.96 bits per heavy atom. The van der Waals surface area contributed by atoms with Crippen LogP contribution in [0, 0.1) is 5.41 Å². The molecule has 144 valence electrons. The van der Waals surface area contributed by atoms with Crippen molar-refractivity contribution in [3.8, 4) is 0 Å². The van der Waals surface area contributed by atoms with Crippen molar-refractivity contribution in [2.45, 2.75) is 63.8 Å². The first-order chi connectivity index (χ1) is 13.1. The van der Waals surface area contributed by atoms with Crippen LogP contribution in [0.4, 0.5) is 0 Å². The first-order valence-corrected chi connectivity index (χ1v) is 10.7. The van der Waals surface area contributed by atoms with E-state index in [-0.39, 0.29) is 23.9 Å². The van der Waals surface area contributed by atoms with E-state index in [1.165, 1.54) is 11.1 Å². The molecule has 1 heterocycles. The lowest BCUT2D eigenvalue weighted by molar-refractivity contribution is -0.151. The number of carbonyl (C=O) groups is 2. The third-order valence-corrected chi connectivity index (χ3v) is 6.64. The van der Waals surface area contributed by atoms with Gasteiger partial charge in [-0.1, -0.05) is 31.4 Å². The zero-order valence-corrected chi connectivity index (χ0v) is 16.4. The molecule has 0 bridgehead atoms. The van der Waals surface area contributed by atoms with Crippen molar-refractivity contribution in [2.75, 3.05) is 6.61 Å². The summed E-state index contributed by atoms with van der Waals surface area (Å²) in [7, 11) is 0. The van der Waals surface area contributed by atoms with E-state index < -0.39 is 0 Å². The highest BCUT2D eigenvalue weighted by molar-refractivity contribution is 7.18. The molecule has 2 aromatic rings. The highest BCUT2D eigenvalue weighted by atomic mass is 32.1. The molecule has 1 aromatic carbocycles. The molecule has 2 aliphatic carbocycles. The molecule has 0 radical (unpaired) electrons. The van der Waals surface area contributed by atoms with Crippen LogP contribution in [0.5, 0.6) is 0 Å². The summed E-state index contributed by atoms with van der Waals surface area (Å²) < 4.78 is 6.48. The molecule has 1 aromatic heterocycles. The monoisotopic (exact) mass is 386 g/mol. The minimum Gasteiger partial charge on any atom is -0.456 e. The molecule has 4 rings (SSSR count). The Balaban J connectivity index is 1.39. The van der Waals surface area contributed by atoms with Crippen molar-refractivity contribution in [1.82, 2.24) is 10.3 Å². The fourth-order valence-electron chi connectivity index (χ4n) is 4.03. The minimum atomic E-state index is -0.260. The van der Waals surface area contributed by atoms with Crippen molar-refractivity contribution >= 4 is 33.4 Å². The van der Waals surface area contributed by atoms with Gasteiger partial charge < -0.3 is 10.1 Å². The Kier molecular flexibility index (Phi) is 5.43. The lowest BCUT2D eigenvalue weighted by atomic mass is 9.70. The number of nitrogens with zero attached hydrogens (tertiary/aromatic N) is 1. The number of benzene rings is 1. The number of nitrogens with one attached hydrogen (secondary N) is 1. The normalized spacial score (nSPS) is 19.0. The van der Waals surface area contributed by atoms with E-state index in [0.717, 1.165) is 55.5 Å². The molecule has 5 nitrogen and oxygen atoms in total. The maximum Gasteiger partial charge on any atom is 0.306 e. The first kappa shape index (κ1) is 18.4. The number of ether oxygens (including phenoxy) is 1. The van der Waals surface area contributed by atoms with E-state index in [1.807, 2.05) is 18.2 Å². The zero-order chi connectivity index (χ0) is 18.7. The van der Waals surface area contributed by atoms with Gasteiger partial charge >= 0.3 is 5.97 Å². The summed E-state index contributed by atoms with van der Waals surface area (Å²) in [6, 6.07) is 8.46. The second kappa shape index (κ2) is 7.97. The molecule has 1 N–H and O–H groups in total. The molecule has 0 saturated heterocycles. The van der Waals surface area contributed by atoms with Crippen LogP contribution in [-0.2, 0) is 20.7 Å². The van der Waals surface area contributed by atoms with Gasteiger partial charge in [0, 0.05) is 12.5 Å². The molecule has 27 heavy (non-hydrogen) atoms. The molecule has 1 amide bonds. The number of para-hydroxylation sites is 1. The van der Waals surface area contributed by atoms with Crippen LogP contribution in [-0.4, -0.2) is 29.5 Å². The molecule has 0 unspecified atom stereocenters. The van der Waals surface area contributed by atoms with Crippen LogP contribution in [0.15, 0.2) is 24.3 Å². The van der Waals surface area contributed by atoms with Gasteiger partial charge in [0.15, 0.2) is 6.61 Å². The average Bonchev–Trinajstić information content (AvgIpc) is 3.37. The number of hydrogen-bond acceptors (Lipinski definition) is 5. The maximum atomic E-state index is 12.5. The van der Waals surface area contributed by atoms with Gasteiger partial charge in [-0.2, -0.15) is 0 Å².